The molecule has 2 rings (SSSR count). The van der Waals surface area contributed by atoms with E-state index in [1.165, 1.54) is 8.66 Å². The lowest BCUT2D eigenvalue weighted by molar-refractivity contribution is 0.976. The minimum absolute atomic E-state index is 0.721. The number of hydrogen-bond acceptors (Lipinski definition) is 5. The largest absolute Gasteiger partial charge is 0.370 e. The van der Waals surface area contributed by atoms with Crippen LogP contribution in [0.2, 0.25) is 0 Å². The fourth-order valence-corrected chi connectivity index (χ4v) is 2.94. The Hall–Kier alpha value is -1.14. The van der Waals surface area contributed by atoms with Gasteiger partial charge in [0.05, 0.1) is 3.79 Å². The molecule has 0 aromatic carbocycles. The van der Waals surface area contributed by atoms with E-state index in [1.807, 2.05) is 25.1 Å². The Morgan fingerprint density at radius 2 is 2.17 bits per heavy atom. The maximum Gasteiger partial charge on any atom is 0.226 e. The van der Waals surface area contributed by atoms with Crippen molar-refractivity contribution in [2.45, 2.75) is 6.42 Å². The Kier molecular flexibility index (Phi) is 4.54. The summed E-state index contributed by atoms with van der Waals surface area (Å²) in [4.78, 5) is 11.8. The number of nitrogens with zero attached hydrogens (tertiary/aromatic N) is 3. The molecule has 0 radical (unpaired) electrons. The summed E-state index contributed by atoms with van der Waals surface area (Å²) in [6.45, 7) is 0.872. The van der Waals surface area contributed by atoms with Gasteiger partial charge in [0.1, 0.15) is 5.82 Å². The van der Waals surface area contributed by atoms with Gasteiger partial charge in [-0.05, 0) is 40.5 Å². The van der Waals surface area contributed by atoms with Crippen LogP contribution in [0, 0.1) is 0 Å². The highest BCUT2D eigenvalue weighted by molar-refractivity contribution is 9.11. The van der Waals surface area contributed by atoms with Crippen molar-refractivity contribution < 1.29 is 0 Å². The second-order valence-corrected chi connectivity index (χ2v) is 6.57. The number of halogens is 1. The van der Waals surface area contributed by atoms with Gasteiger partial charge >= 0.3 is 0 Å². The lowest BCUT2D eigenvalue weighted by Gasteiger charge is -2.11. The van der Waals surface area contributed by atoms with E-state index >= 15 is 0 Å². The van der Waals surface area contributed by atoms with Crippen molar-refractivity contribution in [3.8, 4) is 0 Å². The predicted octanol–water partition coefficient (Wildman–Crippen LogP) is 3.02. The molecule has 2 heterocycles. The van der Waals surface area contributed by atoms with Crippen LogP contribution in [-0.4, -0.2) is 30.6 Å². The fourth-order valence-electron chi connectivity index (χ4n) is 1.46. The van der Waals surface area contributed by atoms with Crippen LogP contribution in [0.3, 0.4) is 0 Å². The van der Waals surface area contributed by atoms with Gasteiger partial charge < -0.3 is 10.2 Å². The first-order chi connectivity index (χ1) is 8.65. The molecule has 0 aliphatic carbocycles. The number of thiophene rings is 1. The fraction of sp³-hybridized carbons (Fsp3) is 0.333. The minimum atomic E-state index is 0.721. The molecule has 0 fully saturated rings. The lowest BCUT2D eigenvalue weighted by atomic mass is 10.3. The Bertz CT molecular complexity index is 512. The zero-order valence-corrected chi connectivity index (χ0v) is 12.8. The normalized spacial score (nSPS) is 10.4. The molecule has 0 bridgehead atoms. The Balaban J connectivity index is 1.88. The van der Waals surface area contributed by atoms with E-state index in [1.54, 1.807) is 17.5 Å². The predicted molar refractivity (Wildman–Crippen MR) is 80.6 cm³/mol. The van der Waals surface area contributed by atoms with Crippen molar-refractivity contribution in [2.75, 3.05) is 30.9 Å². The van der Waals surface area contributed by atoms with Crippen LogP contribution in [0.1, 0.15) is 4.88 Å². The average Bonchev–Trinajstić information content (AvgIpc) is 2.75. The summed E-state index contributed by atoms with van der Waals surface area (Å²) in [7, 11) is 3.87. The molecule has 2 aromatic heterocycles. The quantitative estimate of drug-likeness (QED) is 0.916. The molecule has 2 aromatic rings. The first-order valence-electron chi connectivity index (χ1n) is 5.63. The van der Waals surface area contributed by atoms with E-state index in [2.05, 4.69) is 43.3 Å². The topological polar surface area (TPSA) is 41.1 Å². The molecule has 0 amide bonds. The van der Waals surface area contributed by atoms with Gasteiger partial charge in [0.15, 0.2) is 0 Å². The van der Waals surface area contributed by atoms with Crippen molar-refractivity contribution >= 4 is 39.0 Å². The molecule has 0 atom stereocenters. The summed E-state index contributed by atoms with van der Waals surface area (Å²) in [5.74, 6) is 1.59. The molecular weight excluding hydrogens is 312 g/mol. The van der Waals surface area contributed by atoms with Crippen molar-refractivity contribution in [3.05, 3.63) is 33.1 Å². The van der Waals surface area contributed by atoms with E-state index in [0.717, 1.165) is 24.7 Å². The first-order valence-corrected chi connectivity index (χ1v) is 7.24. The molecule has 1 N–H and O–H groups in total. The van der Waals surface area contributed by atoms with Crippen molar-refractivity contribution in [1.29, 1.82) is 0 Å². The van der Waals surface area contributed by atoms with Gasteiger partial charge in [-0.25, -0.2) is 4.98 Å². The first kappa shape index (κ1) is 13.3. The number of anilines is 2. The van der Waals surface area contributed by atoms with Crippen LogP contribution in [0.5, 0.6) is 0 Å². The average molecular weight is 327 g/mol. The number of hydrogen-bond donors (Lipinski definition) is 1. The van der Waals surface area contributed by atoms with Gasteiger partial charge in [-0.15, -0.1) is 11.3 Å². The van der Waals surface area contributed by atoms with Crippen molar-refractivity contribution in [3.63, 3.8) is 0 Å². The van der Waals surface area contributed by atoms with Gasteiger partial charge in [-0.3, -0.25) is 0 Å². The third-order valence-corrected chi connectivity index (χ3v) is 4.03. The van der Waals surface area contributed by atoms with Crippen LogP contribution in [-0.2, 0) is 6.42 Å². The van der Waals surface area contributed by atoms with Gasteiger partial charge in [-0.1, -0.05) is 0 Å². The third kappa shape index (κ3) is 3.68. The van der Waals surface area contributed by atoms with Crippen molar-refractivity contribution in [2.24, 2.45) is 0 Å². The van der Waals surface area contributed by atoms with Gasteiger partial charge in [0.2, 0.25) is 5.95 Å². The van der Waals surface area contributed by atoms with Gasteiger partial charge in [-0.2, -0.15) is 4.98 Å². The maximum atomic E-state index is 4.41. The van der Waals surface area contributed by atoms with Crippen LogP contribution >= 0.6 is 27.3 Å². The van der Waals surface area contributed by atoms with Gasteiger partial charge in [0, 0.05) is 31.7 Å². The summed E-state index contributed by atoms with van der Waals surface area (Å²) in [5.41, 5.74) is 0. The monoisotopic (exact) mass is 326 g/mol. The highest BCUT2D eigenvalue weighted by Gasteiger charge is 2.01. The van der Waals surface area contributed by atoms with E-state index in [4.69, 9.17) is 0 Å². The Labute approximate surface area is 119 Å². The summed E-state index contributed by atoms with van der Waals surface area (Å²) in [6, 6.07) is 6.10. The van der Waals surface area contributed by atoms with E-state index in [0.29, 0.717) is 0 Å². The number of nitrogens with one attached hydrogen (secondary N) is 1. The maximum absolute atomic E-state index is 4.41. The van der Waals surface area contributed by atoms with E-state index in [-0.39, 0.29) is 0 Å². The van der Waals surface area contributed by atoms with Crippen molar-refractivity contribution in [1.82, 2.24) is 9.97 Å². The summed E-state index contributed by atoms with van der Waals surface area (Å²) in [6.07, 6.45) is 2.77. The zero-order chi connectivity index (χ0) is 13.0. The SMILES string of the molecule is CN(C)c1nccc(NCCc2ccc(Br)s2)n1. The molecule has 18 heavy (non-hydrogen) atoms. The second kappa shape index (κ2) is 6.15. The zero-order valence-electron chi connectivity index (χ0n) is 10.4. The lowest BCUT2D eigenvalue weighted by Crippen LogP contribution is -2.14. The molecule has 0 aliphatic heterocycles. The number of aromatic nitrogens is 2. The highest BCUT2D eigenvalue weighted by atomic mass is 79.9. The molecule has 0 spiro atoms. The standard InChI is InChI=1S/C12H15BrN4S/c1-17(2)12-15-8-6-11(16-12)14-7-5-9-3-4-10(13)18-9/h3-4,6,8H,5,7H2,1-2H3,(H,14,15,16). The Morgan fingerprint density at radius 3 is 2.83 bits per heavy atom. The summed E-state index contributed by atoms with van der Waals surface area (Å²) in [5, 5.41) is 3.31. The number of rotatable bonds is 5. The molecule has 96 valence electrons. The summed E-state index contributed by atoms with van der Waals surface area (Å²) >= 11 is 5.23. The second-order valence-electron chi connectivity index (χ2n) is 4.02. The smallest absolute Gasteiger partial charge is 0.226 e. The molecule has 6 heteroatoms. The van der Waals surface area contributed by atoms with Gasteiger partial charge in [0.25, 0.3) is 0 Å². The van der Waals surface area contributed by atoms with E-state index < -0.39 is 0 Å². The molecule has 0 saturated carbocycles. The summed E-state index contributed by atoms with van der Waals surface area (Å²) < 4.78 is 1.18. The minimum Gasteiger partial charge on any atom is -0.370 e. The van der Waals surface area contributed by atoms with Crippen LogP contribution < -0.4 is 10.2 Å². The molecule has 0 saturated heterocycles. The van der Waals surface area contributed by atoms with Crippen LogP contribution in [0.4, 0.5) is 11.8 Å². The van der Waals surface area contributed by atoms with E-state index in [9.17, 15) is 0 Å². The van der Waals surface area contributed by atoms with Crippen LogP contribution in [0.25, 0.3) is 0 Å². The molecular formula is C12H15BrN4S. The van der Waals surface area contributed by atoms with Crippen LogP contribution in [0.15, 0.2) is 28.2 Å². The molecule has 0 unspecified atom stereocenters. The molecule has 0 aliphatic rings. The highest BCUT2D eigenvalue weighted by Crippen LogP contribution is 2.22. The Morgan fingerprint density at radius 1 is 1.33 bits per heavy atom. The molecule has 4 nitrogen and oxygen atoms in total. The third-order valence-electron chi connectivity index (χ3n) is 2.35.